The van der Waals surface area contributed by atoms with Gasteiger partial charge in [0.05, 0.1) is 11.7 Å². The third-order valence-corrected chi connectivity index (χ3v) is 3.85. The summed E-state index contributed by atoms with van der Waals surface area (Å²) < 4.78 is 0. The van der Waals surface area contributed by atoms with E-state index in [9.17, 15) is 4.79 Å². The molecule has 0 aromatic heterocycles. The van der Waals surface area contributed by atoms with Crippen molar-refractivity contribution in [3.63, 3.8) is 0 Å². The SMILES string of the molecule is CC1C(=O)SC2=Nc3ccccc3CN21. The summed E-state index contributed by atoms with van der Waals surface area (Å²) in [6, 6.07) is 8.00. The van der Waals surface area contributed by atoms with E-state index in [0.717, 1.165) is 17.4 Å². The predicted octanol–water partition coefficient (Wildman–Crippen LogP) is 2.15. The summed E-state index contributed by atoms with van der Waals surface area (Å²) in [4.78, 5) is 18.1. The zero-order chi connectivity index (χ0) is 10.4. The van der Waals surface area contributed by atoms with Gasteiger partial charge in [0.25, 0.3) is 0 Å². The quantitative estimate of drug-likeness (QED) is 0.669. The normalized spacial score (nSPS) is 23.5. The fourth-order valence-electron chi connectivity index (χ4n) is 1.86. The number of benzene rings is 1. The van der Waals surface area contributed by atoms with Crippen molar-refractivity contribution in [2.75, 3.05) is 0 Å². The smallest absolute Gasteiger partial charge is 0.218 e. The Morgan fingerprint density at radius 3 is 3.13 bits per heavy atom. The number of amidine groups is 1. The molecule has 0 aliphatic carbocycles. The fourth-order valence-corrected chi connectivity index (χ4v) is 2.82. The van der Waals surface area contributed by atoms with Crippen LogP contribution in [0.4, 0.5) is 5.69 Å². The molecule has 0 amide bonds. The van der Waals surface area contributed by atoms with Crippen molar-refractivity contribution < 1.29 is 4.79 Å². The summed E-state index contributed by atoms with van der Waals surface area (Å²) >= 11 is 1.26. The number of hydrogen-bond donors (Lipinski definition) is 0. The maximum Gasteiger partial charge on any atom is 0.218 e. The van der Waals surface area contributed by atoms with Gasteiger partial charge in [-0.3, -0.25) is 4.79 Å². The van der Waals surface area contributed by atoms with E-state index < -0.39 is 0 Å². The summed E-state index contributed by atoms with van der Waals surface area (Å²) in [6.07, 6.45) is 0. The maximum atomic E-state index is 11.5. The van der Waals surface area contributed by atoms with Gasteiger partial charge in [0.1, 0.15) is 0 Å². The predicted molar refractivity (Wildman–Crippen MR) is 61.1 cm³/mol. The first-order valence-electron chi connectivity index (χ1n) is 4.90. The zero-order valence-electron chi connectivity index (χ0n) is 8.30. The van der Waals surface area contributed by atoms with E-state index in [1.165, 1.54) is 17.3 Å². The minimum Gasteiger partial charge on any atom is -0.336 e. The third kappa shape index (κ3) is 1.28. The molecule has 1 atom stereocenters. The van der Waals surface area contributed by atoms with Crippen LogP contribution in [0.15, 0.2) is 29.3 Å². The third-order valence-electron chi connectivity index (χ3n) is 2.79. The van der Waals surface area contributed by atoms with Crippen LogP contribution < -0.4 is 0 Å². The molecule has 0 saturated carbocycles. The van der Waals surface area contributed by atoms with Crippen LogP contribution >= 0.6 is 11.8 Å². The van der Waals surface area contributed by atoms with Crippen molar-refractivity contribution in [1.29, 1.82) is 0 Å². The minimum atomic E-state index is -0.0397. The summed E-state index contributed by atoms with van der Waals surface area (Å²) in [5.74, 6) is 0. The molecule has 3 nitrogen and oxygen atoms in total. The van der Waals surface area contributed by atoms with Crippen LogP contribution in [0, 0.1) is 0 Å². The van der Waals surface area contributed by atoms with Crippen LogP contribution in [0.2, 0.25) is 0 Å². The van der Waals surface area contributed by atoms with Gasteiger partial charge in [0.15, 0.2) is 5.17 Å². The lowest BCUT2D eigenvalue weighted by Crippen LogP contribution is -2.34. The molecule has 4 heteroatoms. The molecule has 0 radical (unpaired) electrons. The van der Waals surface area contributed by atoms with Crippen LogP contribution in [0.25, 0.3) is 0 Å². The van der Waals surface area contributed by atoms with Crippen LogP contribution in [0.1, 0.15) is 12.5 Å². The second-order valence-corrected chi connectivity index (χ2v) is 4.72. The molecule has 1 unspecified atom stereocenters. The van der Waals surface area contributed by atoms with E-state index in [1.807, 2.05) is 25.1 Å². The van der Waals surface area contributed by atoms with Crippen molar-refractivity contribution in [2.24, 2.45) is 4.99 Å². The standard InChI is InChI=1S/C11H10N2OS/c1-7-10(14)15-11-12-9-5-3-2-4-8(9)6-13(7)11/h2-5,7H,6H2,1H3. The number of hydrogen-bond acceptors (Lipinski definition) is 4. The molecule has 1 aromatic carbocycles. The van der Waals surface area contributed by atoms with Gasteiger partial charge in [0.2, 0.25) is 5.12 Å². The highest BCUT2D eigenvalue weighted by atomic mass is 32.2. The Bertz CT molecular complexity index is 469. The first-order chi connectivity index (χ1) is 7.25. The Morgan fingerprint density at radius 1 is 1.47 bits per heavy atom. The van der Waals surface area contributed by atoms with E-state index >= 15 is 0 Å². The van der Waals surface area contributed by atoms with Crippen LogP contribution in [-0.2, 0) is 11.3 Å². The van der Waals surface area contributed by atoms with Crippen LogP contribution in [0.3, 0.4) is 0 Å². The first-order valence-corrected chi connectivity index (χ1v) is 5.72. The Morgan fingerprint density at radius 2 is 2.27 bits per heavy atom. The second kappa shape index (κ2) is 3.10. The Labute approximate surface area is 92.2 Å². The summed E-state index contributed by atoms with van der Waals surface area (Å²) in [5, 5.41) is 1.05. The largest absolute Gasteiger partial charge is 0.336 e. The van der Waals surface area contributed by atoms with E-state index in [2.05, 4.69) is 16.0 Å². The number of aliphatic imine (C=N–C) groups is 1. The van der Waals surface area contributed by atoms with E-state index in [1.54, 1.807) is 0 Å². The van der Waals surface area contributed by atoms with Gasteiger partial charge >= 0.3 is 0 Å². The maximum absolute atomic E-state index is 11.5. The molecule has 2 heterocycles. The average Bonchev–Trinajstić information content (AvgIpc) is 2.52. The van der Waals surface area contributed by atoms with Gasteiger partial charge in [-0.05, 0) is 30.3 Å². The van der Waals surface area contributed by atoms with Crippen LogP contribution in [-0.4, -0.2) is 21.2 Å². The van der Waals surface area contributed by atoms with Gasteiger partial charge in [-0.1, -0.05) is 18.2 Å². The summed E-state index contributed by atoms with van der Waals surface area (Å²) in [5.41, 5.74) is 2.20. The Balaban J connectivity index is 2.08. The summed E-state index contributed by atoms with van der Waals surface area (Å²) in [7, 11) is 0. The summed E-state index contributed by atoms with van der Waals surface area (Å²) in [6.45, 7) is 2.74. The van der Waals surface area contributed by atoms with Gasteiger partial charge in [-0.15, -0.1) is 0 Å². The molecule has 3 rings (SSSR count). The molecule has 0 N–H and O–H groups in total. The zero-order valence-corrected chi connectivity index (χ0v) is 9.12. The molecular formula is C11H10N2OS. The Hall–Kier alpha value is -1.29. The highest BCUT2D eigenvalue weighted by molar-refractivity contribution is 8.26. The topological polar surface area (TPSA) is 32.7 Å². The number of carbonyl (C=O) groups excluding carboxylic acids is 1. The van der Waals surface area contributed by atoms with Gasteiger partial charge < -0.3 is 4.90 Å². The molecule has 1 fully saturated rings. The lowest BCUT2D eigenvalue weighted by atomic mass is 10.1. The van der Waals surface area contributed by atoms with Crippen molar-refractivity contribution in [3.05, 3.63) is 29.8 Å². The van der Waals surface area contributed by atoms with Crippen LogP contribution in [0.5, 0.6) is 0 Å². The highest BCUT2D eigenvalue weighted by Crippen LogP contribution is 2.35. The molecule has 15 heavy (non-hydrogen) atoms. The number of fused-ring (bicyclic) bond motifs is 2. The number of carbonyl (C=O) groups is 1. The molecule has 1 aromatic rings. The number of rotatable bonds is 0. The molecule has 0 spiro atoms. The minimum absolute atomic E-state index is 0.0397. The molecule has 2 aliphatic heterocycles. The Kier molecular flexibility index (Phi) is 1.85. The first kappa shape index (κ1) is 8.97. The molecule has 76 valence electrons. The molecule has 0 bridgehead atoms. The highest BCUT2D eigenvalue weighted by Gasteiger charge is 2.36. The number of thioether (sulfide) groups is 1. The van der Waals surface area contributed by atoms with Crippen molar-refractivity contribution in [1.82, 2.24) is 4.90 Å². The molecule has 1 saturated heterocycles. The lowest BCUT2D eigenvalue weighted by Gasteiger charge is -2.26. The molecule has 2 aliphatic rings. The number of para-hydroxylation sites is 1. The van der Waals surface area contributed by atoms with E-state index in [-0.39, 0.29) is 11.2 Å². The van der Waals surface area contributed by atoms with Gasteiger partial charge in [-0.25, -0.2) is 4.99 Å². The van der Waals surface area contributed by atoms with E-state index in [4.69, 9.17) is 0 Å². The van der Waals surface area contributed by atoms with Gasteiger partial charge in [0, 0.05) is 6.54 Å². The lowest BCUT2D eigenvalue weighted by molar-refractivity contribution is -0.113. The van der Waals surface area contributed by atoms with Crippen molar-refractivity contribution in [2.45, 2.75) is 19.5 Å². The monoisotopic (exact) mass is 218 g/mol. The van der Waals surface area contributed by atoms with Crippen molar-refractivity contribution in [3.8, 4) is 0 Å². The fraction of sp³-hybridized carbons (Fsp3) is 0.273. The van der Waals surface area contributed by atoms with Gasteiger partial charge in [-0.2, -0.15) is 0 Å². The van der Waals surface area contributed by atoms with E-state index in [0.29, 0.717) is 0 Å². The van der Waals surface area contributed by atoms with Crippen molar-refractivity contribution >= 4 is 27.7 Å². The second-order valence-electron chi connectivity index (χ2n) is 3.75. The average molecular weight is 218 g/mol. The number of nitrogens with zero attached hydrogens (tertiary/aromatic N) is 2. The molecular weight excluding hydrogens is 208 g/mol.